The number of aromatic nitrogens is 2. The highest BCUT2D eigenvalue weighted by Gasteiger charge is 2.34. The lowest BCUT2D eigenvalue weighted by molar-refractivity contribution is 0.311. The van der Waals surface area contributed by atoms with E-state index in [4.69, 9.17) is 0 Å². The second kappa shape index (κ2) is 4.67. The predicted octanol–water partition coefficient (Wildman–Crippen LogP) is 1.22. The summed E-state index contributed by atoms with van der Waals surface area (Å²) in [6.45, 7) is 9.05. The molecule has 1 N–H and O–H groups in total. The third kappa shape index (κ3) is 2.08. The summed E-state index contributed by atoms with van der Waals surface area (Å²) < 4.78 is 2.01. The van der Waals surface area contributed by atoms with Gasteiger partial charge in [-0.2, -0.15) is 5.10 Å². The van der Waals surface area contributed by atoms with Gasteiger partial charge in [-0.15, -0.1) is 0 Å². The molecular formula is C14H24N4. The van der Waals surface area contributed by atoms with Gasteiger partial charge in [0.15, 0.2) is 0 Å². The Morgan fingerprint density at radius 1 is 1.33 bits per heavy atom. The fraction of sp³-hybridized carbons (Fsp3) is 0.786. The van der Waals surface area contributed by atoms with Crippen LogP contribution in [0, 0.1) is 19.8 Å². The molecule has 4 heteroatoms. The summed E-state index contributed by atoms with van der Waals surface area (Å²) in [6, 6.07) is 0.732. The number of hydrogen-bond acceptors (Lipinski definition) is 3. The van der Waals surface area contributed by atoms with E-state index in [1.54, 1.807) is 0 Å². The molecule has 4 nitrogen and oxygen atoms in total. The molecule has 18 heavy (non-hydrogen) atoms. The van der Waals surface area contributed by atoms with Crippen LogP contribution in [-0.4, -0.2) is 40.4 Å². The van der Waals surface area contributed by atoms with Crippen LogP contribution in [0.2, 0.25) is 0 Å². The van der Waals surface area contributed by atoms with Crippen LogP contribution >= 0.6 is 0 Å². The summed E-state index contributed by atoms with van der Waals surface area (Å²) >= 11 is 0. The Kier molecular flexibility index (Phi) is 3.16. The Labute approximate surface area is 109 Å². The maximum Gasteiger partial charge on any atom is 0.0641 e. The van der Waals surface area contributed by atoms with Crippen LogP contribution in [0.15, 0.2) is 0 Å². The molecule has 0 saturated carbocycles. The molecule has 2 atom stereocenters. The van der Waals surface area contributed by atoms with Crippen molar-refractivity contribution in [1.29, 1.82) is 0 Å². The fourth-order valence-electron chi connectivity index (χ4n) is 3.54. The van der Waals surface area contributed by atoms with Crippen LogP contribution in [0.3, 0.4) is 0 Å². The average Bonchev–Trinajstić information content (AvgIpc) is 2.86. The number of hydrogen-bond donors (Lipinski definition) is 1. The summed E-state index contributed by atoms with van der Waals surface area (Å²) in [5.41, 5.74) is 3.93. The van der Waals surface area contributed by atoms with Crippen molar-refractivity contribution in [3.8, 4) is 0 Å². The standard InChI is InChI=1S/C14H24N4/c1-10-13(11(2)17(3)16-10)8-18-7-12-5-4-6-15-14(12)9-18/h12,14-15H,4-9H2,1-3H3. The minimum absolute atomic E-state index is 0.732. The zero-order valence-electron chi connectivity index (χ0n) is 11.7. The number of likely N-dealkylation sites (tertiary alicyclic amines) is 1. The van der Waals surface area contributed by atoms with Crippen LogP contribution in [-0.2, 0) is 13.6 Å². The zero-order chi connectivity index (χ0) is 12.7. The molecule has 3 heterocycles. The first kappa shape index (κ1) is 12.2. The monoisotopic (exact) mass is 248 g/mol. The molecule has 0 aromatic carbocycles. The summed E-state index contributed by atoms with van der Waals surface area (Å²) in [7, 11) is 2.04. The minimum Gasteiger partial charge on any atom is -0.312 e. The number of piperidine rings is 1. The van der Waals surface area contributed by atoms with Crippen molar-refractivity contribution in [2.45, 2.75) is 39.3 Å². The van der Waals surface area contributed by atoms with Crippen molar-refractivity contribution in [3.05, 3.63) is 17.0 Å². The molecule has 2 fully saturated rings. The molecule has 0 bridgehead atoms. The number of nitrogens with one attached hydrogen (secondary N) is 1. The van der Waals surface area contributed by atoms with Crippen molar-refractivity contribution in [2.24, 2.45) is 13.0 Å². The van der Waals surface area contributed by atoms with E-state index in [1.165, 1.54) is 49.4 Å². The van der Waals surface area contributed by atoms with Crippen molar-refractivity contribution in [1.82, 2.24) is 20.0 Å². The lowest BCUT2D eigenvalue weighted by Crippen LogP contribution is -2.40. The molecule has 2 aliphatic rings. The first-order valence-corrected chi connectivity index (χ1v) is 7.10. The first-order chi connectivity index (χ1) is 8.65. The quantitative estimate of drug-likeness (QED) is 0.854. The van der Waals surface area contributed by atoms with Gasteiger partial charge in [-0.25, -0.2) is 0 Å². The van der Waals surface area contributed by atoms with Gasteiger partial charge in [0.1, 0.15) is 0 Å². The molecular weight excluding hydrogens is 224 g/mol. The number of rotatable bonds is 2. The van der Waals surface area contributed by atoms with E-state index in [0.29, 0.717) is 0 Å². The second-order valence-corrected chi connectivity index (χ2v) is 5.93. The first-order valence-electron chi connectivity index (χ1n) is 7.10. The smallest absolute Gasteiger partial charge is 0.0641 e. The van der Waals surface area contributed by atoms with Gasteiger partial charge in [-0.05, 0) is 39.2 Å². The molecule has 2 saturated heterocycles. The number of fused-ring (bicyclic) bond motifs is 1. The largest absolute Gasteiger partial charge is 0.312 e. The SMILES string of the molecule is Cc1nn(C)c(C)c1CN1CC2CCCNC2C1. The summed E-state index contributed by atoms with van der Waals surface area (Å²) in [5.74, 6) is 0.871. The van der Waals surface area contributed by atoms with Crippen molar-refractivity contribution < 1.29 is 0 Å². The molecule has 0 aliphatic carbocycles. The maximum absolute atomic E-state index is 4.52. The van der Waals surface area contributed by atoms with E-state index in [2.05, 4.69) is 29.2 Å². The third-order valence-corrected chi connectivity index (χ3v) is 4.72. The average molecular weight is 248 g/mol. The van der Waals surface area contributed by atoms with Gasteiger partial charge in [0.05, 0.1) is 5.69 Å². The minimum atomic E-state index is 0.732. The molecule has 1 aromatic heterocycles. The summed E-state index contributed by atoms with van der Waals surface area (Å²) in [4.78, 5) is 2.60. The highest BCUT2D eigenvalue weighted by atomic mass is 15.3. The molecule has 0 radical (unpaired) electrons. The Balaban J connectivity index is 1.70. The zero-order valence-corrected chi connectivity index (χ0v) is 11.7. The normalized spacial score (nSPS) is 28.6. The molecule has 2 unspecified atom stereocenters. The Bertz CT molecular complexity index is 423. The number of nitrogens with zero attached hydrogens (tertiary/aromatic N) is 3. The van der Waals surface area contributed by atoms with E-state index in [-0.39, 0.29) is 0 Å². The van der Waals surface area contributed by atoms with Crippen LogP contribution < -0.4 is 5.32 Å². The highest BCUT2D eigenvalue weighted by molar-refractivity contribution is 5.24. The van der Waals surface area contributed by atoms with Crippen LogP contribution in [0.4, 0.5) is 0 Å². The van der Waals surface area contributed by atoms with E-state index in [0.717, 1.165) is 18.5 Å². The van der Waals surface area contributed by atoms with Gasteiger partial charge in [-0.1, -0.05) is 0 Å². The van der Waals surface area contributed by atoms with Crippen molar-refractivity contribution in [3.63, 3.8) is 0 Å². The number of aryl methyl sites for hydroxylation is 2. The Morgan fingerprint density at radius 2 is 2.17 bits per heavy atom. The fourth-order valence-corrected chi connectivity index (χ4v) is 3.54. The molecule has 2 aliphatic heterocycles. The topological polar surface area (TPSA) is 33.1 Å². The van der Waals surface area contributed by atoms with Gasteiger partial charge < -0.3 is 5.32 Å². The Morgan fingerprint density at radius 3 is 2.83 bits per heavy atom. The Hall–Kier alpha value is -0.870. The molecule has 0 amide bonds. The van der Waals surface area contributed by atoms with Gasteiger partial charge in [0.2, 0.25) is 0 Å². The van der Waals surface area contributed by atoms with Crippen molar-refractivity contribution in [2.75, 3.05) is 19.6 Å². The highest BCUT2D eigenvalue weighted by Crippen LogP contribution is 2.27. The summed E-state index contributed by atoms with van der Waals surface area (Å²) in [6.07, 6.45) is 2.75. The molecule has 100 valence electrons. The third-order valence-electron chi connectivity index (χ3n) is 4.72. The van der Waals surface area contributed by atoms with E-state index in [9.17, 15) is 0 Å². The van der Waals surface area contributed by atoms with Gasteiger partial charge >= 0.3 is 0 Å². The summed E-state index contributed by atoms with van der Waals surface area (Å²) in [5, 5.41) is 8.19. The van der Waals surface area contributed by atoms with E-state index in [1.807, 2.05) is 11.7 Å². The predicted molar refractivity (Wildman–Crippen MR) is 72.5 cm³/mol. The van der Waals surface area contributed by atoms with Crippen LogP contribution in [0.5, 0.6) is 0 Å². The van der Waals surface area contributed by atoms with Crippen molar-refractivity contribution >= 4 is 0 Å². The van der Waals surface area contributed by atoms with Crippen LogP contribution in [0.25, 0.3) is 0 Å². The molecule has 1 aromatic rings. The lowest BCUT2D eigenvalue weighted by Gasteiger charge is -2.24. The van der Waals surface area contributed by atoms with E-state index < -0.39 is 0 Å². The van der Waals surface area contributed by atoms with Crippen LogP contribution in [0.1, 0.15) is 29.8 Å². The lowest BCUT2D eigenvalue weighted by atomic mass is 9.94. The van der Waals surface area contributed by atoms with E-state index >= 15 is 0 Å². The van der Waals surface area contributed by atoms with Gasteiger partial charge in [0, 0.05) is 44.0 Å². The molecule has 3 rings (SSSR count). The van der Waals surface area contributed by atoms with Gasteiger partial charge in [0.25, 0.3) is 0 Å². The second-order valence-electron chi connectivity index (χ2n) is 5.93. The molecule has 0 spiro atoms. The van der Waals surface area contributed by atoms with Gasteiger partial charge in [-0.3, -0.25) is 9.58 Å². The maximum atomic E-state index is 4.52.